The lowest BCUT2D eigenvalue weighted by Crippen LogP contribution is -2.27. The summed E-state index contributed by atoms with van der Waals surface area (Å²) in [5.41, 5.74) is 8.34. The third kappa shape index (κ3) is 3.56. The number of aromatic nitrogens is 3. The Labute approximate surface area is 175 Å². The van der Waals surface area contributed by atoms with Gasteiger partial charge in [0, 0.05) is 11.3 Å². The summed E-state index contributed by atoms with van der Waals surface area (Å²) in [6.45, 7) is 5.22. The van der Waals surface area contributed by atoms with Gasteiger partial charge in [0.2, 0.25) is 5.58 Å². The van der Waals surface area contributed by atoms with Gasteiger partial charge < -0.3 is 10.3 Å². The number of hydrogen-bond donors (Lipinski definition) is 1. The van der Waals surface area contributed by atoms with Gasteiger partial charge in [-0.25, -0.2) is 4.68 Å². The van der Waals surface area contributed by atoms with Crippen molar-refractivity contribution in [2.45, 2.75) is 33.0 Å². The second kappa shape index (κ2) is 7.26. The highest BCUT2D eigenvalue weighted by Crippen LogP contribution is 2.32. The van der Waals surface area contributed by atoms with Gasteiger partial charge in [0.1, 0.15) is 11.1 Å². The zero-order valence-corrected chi connectivity index (χ0v) is 17.0. The van der Waals surface area contributed by atoms with Gasteiger partial charge in [-0.1, -0.05) is 23.4 Å². The predicted molar refractivity (Wildman–Crippen MR) is 111 cm³/mol. The Hall–Kier alpha value is -3.62. The average Bonchev–Trinajstić information content (AvgIpc) is 3.11. The van der Waals surface area contributed by atoms with Crippen LogP contribution in [0.4, 0.5) is 18.9 Å². The molecular weight excluding hydrogens is 409 g/mol. The van der Waals surface area contributed by atoms with Gasteiger partial charge >= 0.3 is 6.18 Å². The van der Waals surface area contributed by atoms with E-state index in [4.69, 9.17) is 10.3 Å². The maximum Gasteiger partial charge on any atom is 0.416 e. The SMILES string of the molecule is Cc1ccc(N)cc1-c1nn([C@H](C)c2ccc(C(F)(F)F)cc2)c(=O)c2c(C)noc12. The number of halogens is 3. The van der Waals surface area contributed by atoms with Crippen molar-refractivity contribution in [3.05, 3.63) is 75.2 Å². The standard InChI is InChI=1S/C22H19F3N4O2/c1-11-4-9-16(26)10-17(11)19-20-18(12(2)28-31-20)21(30)29(27-19)13(3)14-5-7-15(8-6-14)22(23,24)25/h4-10,13H,26H2,1-3H3/t13-/m1/s1. The molecule has 1 atom stereocenters. The maximum atomic E-state index is 13.2. The van der Waals surface area contributed by atoms with Gasteiger partial charge in [-0.2, -0.15) is 18.3 Å². The van der Waals surface area contributed by atoms with Crippen LogP contribution < -0.4 is 11.3 Å². The van der Waals surface area contributed by atoms with E-state index >= 15 is 0 Å². The molecule has 0 spiro atoms. The third-order valence-corrected chi connectivity index (χ3v) is 5.31. The van der Waals surface area contributed by atoms with Crippen molar-refractivity contribution in [3.63, 3.8) is 0 Å². The normalized spacial score (nSPS) is 13.0. The van der Waals surface area contributed by atoms with Crippen molar-refractivity contribution in [2.24, 2.45) is 0 Å². The van der Waals surface area contributed by atoms with E-state index in [2.05, 4.69) is 10.3 Å². The van der Waals surface area contributed by atoms with Crippen molar-refractivity contribution in [3.8, 4) is 11.3 Å². The lowest BCUT2D eigenvalue weighted by atomic mass is 10.0. The predicted octanol–water partition coefficient (Wildman–Crippen LogP) is 4.88. The number of alkyl halides is 3. The summed E-state index contributed by atoms with van der Waals surface area (Å²) in [7, 11) is 0. The summed E-state index contributed by atoms with van der Waals surface area (Å²) in [4.78, 5) is 13.2. The summed E-state index contributed by atoms with van der Waals surface area (Å²) in [5.74, 6) is 0. The minimum atomic E-state index is -4.44. The maximum absolute atomic E-state index is 13.2. The number of aryl methyl sites for hydroxylation is 2. The Morgan fingerprint density at radius 3 is 2.42 bits per heavy atom. The molecule has 4 aromatic rings. The summed E-state index contributed by atoms with van der Waals surface area (Å²) in [5, 5.41) is 8.72. The molecule has 0 saturated carbocycles. The van der Waals surface area contributed by atoms with Crippen LogP contribution in [0.25, 0.3) is 22.2 Å². The molecule has 0 saturated heterocycles. The van der Waals surface area contributed by atoms with Gasteiger partial charge in [-0.3, -0.25) is 4.79 Å². The summed E-state index contributed by atoms with van der Waals surface area (Å²) in [6, 6.07) is 9.35. The van der Waals surface area contributed by atoms with Gasteiger partial charge in [0.05, 0.1) is 17.3 Å². The summed E-state index contributed by atoms with van der Waals surface area (Å²) >= 11 is 0. The van der Waals surface area contributed by atoms with Crippen LogP contribution in [-0.4, -0.2) is 14.9 Å². The molecule has 4 rings (SSSR count). The van der Waals surface area contributed by atoms with E-state index in [1.54, 1.807) is 26.0 Å². The Kier molecular flexibility index (Phi) is 4.83. The molecule has 0 amide bonds. The molecule has 0 aliphatic rings. The highest BCUT2D eigenvalue weighted by molar-refractivity contribution is 5.91. The minimum absolute atomic E-state index is 0.243. The van der Waals surface area contributed by atoms with E-state index in [-0.39, 0.29) is 11.0 Å². The number of rotatable bonds is 3. The molecule has 0 fully saturated rings. The summed E-state index contributed by atoms with van der Waals surface area (Å²) < 4.78 is 45.4. The van der Waals surface area contributed by atoms with Gasteiger partial charge in [0.15, 0.2) is 0 Å². The molecule has 0 radical (unpaired) electrons. The van der Waals surface area contributed by atoms with E-state index in [0.29, 0.717) is 28.2 Å². The fourth-order valence-corrected chi connectivity index (χ4v) is 3.52. The lowest BCUT2D eigenvalue weighted by Gasteiger charge is -2.17. The largest absolute Gasteiger partial charge is 0.416 e. The molecule has 2 N–H and O–H groups in total. The first-order valence-corrected chi connectivity index (χ1v) is 9.50. The van der Waals surface area contributed by atoms with Crippen molar-refractivity contribution in [1.82, 2.24) is 14.9 Å². The number of nitrogens with zero attached hydrogens (tertiary/aromatic N) is 3. The molecule has 160 valence electrons. The Morgan fingerprint density at radius 2 is 1.77 bits per heavy atom. The molecule has 31 heavy (non-hydrogen) atoms. The fraction of sp³-hybridized carbons (Fsp3) is 0.227. The number of nitrogen functional groups attached to an aromatic ring is 1. The van der Waals surface area contributed by atoms with Crippen LogP contribution in [0.3, 0.4) is 0 Å². The molecular formula is C22H19F3N4O2. The third-order valence-electron chi connectivity index (χ3n) is 5.31. The van der Waals surface area contributed by atoms with Crippen LogP contribution in [0.15, 0.2) is 51.8 Å². The van der Waals surface area contributed by atoms with Crippen molar-refractivity contribution in [2.75, 3.05) is 5.73 Å². The highest BCUT2D eigenvalue weighted by Gasteiger charge is 2.30. The number of fused-ring (bicyclic) bond motifs is 1. The van der Waals surface area contributed by atoms with Crippen molar-refractivity contribution in [1.29, 1.82) is 0 Å². The van der Waals surface area contributed by atoms with Gasteiger partial charge in [-0.05, 0) is 56.2 Å². The number of hydrogen-bond acceptors (Lipinski definition) is 5. The smallest absolute Gasteiger partial charge is 0.399 e. The second-order valence-corrected chi connectivity index (χ2v) is 7.44. The molecule has 0 unspecified atom stereocenters. The van der Waals surface area contributed by atoms with E-state index in [0.717, 1.165) is 17.7 Å². The van der Waals surface area contributed by atoms with Gasteiger partial charge in [-0.15, -0.1) is 0 Å². The molecule has 9 heteroatoms. The molecule has 2 aromatic heterocycles. The zero-order chi connectivity index (χ0) is 22.5. The summed E-state index contributed by atoms with van der Waals surface area (Å²) in [6.07, 6.45) is -4.44. The molecule has 6 nitrogen and oxygen atoms in total. The Balaban J connectivity index is 1.92. The first-order chi connectivity index (χ1) is 14.6. The molecule has 0 aliphatic carbocycles. The lowest BCUT2D eigenvalue weighted by molar-refractivity contribution is -0.137. The first-order valence-electron chi connectivity index (χ1n) is 9.50. The van der Waals surface area contributed by atoms with Crippen LogP contribution in [0.5, 0.6) is 0 Å². The van der Waals surface area contributed by atoms with Gasteiger partial charge in [0.25, 0.3) is 5.56 Å². The van der Waals surface area contributed by atoms with Crippen LogP contribution in [0, 0.1) is 13.8 Å². The molecule has 0 bridgehead atoms. The number of nitrogens with two attached hydrogens (primary N) is 1. The van der Waals surface area contributed by atoms with Crippen LogP contribution in [0.2, 0.25) is 0 Å². The van der Waals surface area contributed by atoms with E-state index in [1.165, 1.54) is 16.8 Å². The highest BCUT2D eigenvalue weighted by atomic mass is 19.4. The van der Waals surface area contributed by atoms with Crippen molar-refractivity contribution < 1.29 is 17.7 Å². The van der Waals surface area contributed by atoms with Crippen LogP contribution >= 0.6 is 0 Å². The monoisotopic (exact) mass is 428 g/mol. The topological polar surface area (TPSA) is 86.9 Å². The molecule has 2 heterocycles. The quantitative estimate of drug-likeness (QED) is 0.470. The first kappa shape index (κ1) is 20.6. The van der Waals surface area contributed by atoms with E-state index in [1.807, 2.05) is 13.0 Å². The van der Waals surface area contributed by atoms with Crippen molar-refractivity contribution >= 4 is 16.7 Å². The Bertz CT molecular complexity index is 1340. The minimum Gasteiger partial charge on any atom is -0.399 e. The van der Waals surface area contributed by atoms with Crippen LogP contribution in [-0.2, 0) is 6.18 Å². The fourth-order valence-electron chi connectivity index (χ4n) is 3.52. The molecule has 2 aromatic carbocycles. The number of anilines is 1. The number of benzene rings is 2. The van der Waals surface area contributed by atoms with E-state index < -0.39 is 23.3 Å². The van der Waals surface area contributed by atoms with E-state index in [9.17, 15) is 18.0 Å². The molecule has 0 aliphatic heterocycles. The zero-order valence-electron chi connectivity index (χ0n) is 17.0. The Morgan fingerprint density at radius 1 is 1.10 bits per heavy atom. The average molecular weight is 428 g/mol. The second-order valence-electron chi connectivity index (χ2n) is 7.44. The van der Waals surface area contributed by atoms with Crippen LogP contribution in [0.1, 0.15) is 35.3 Å².